The highest BCUT2D eigenvalue weighted by atomic mass is 79.9. The van der Waals surface area contributed by atoms with E-state index in [2.05, 4.69) is 22.9 Å². The Hall–Kier alpha value is -0.250. The topological polar surface area (TPSA) is 29.5 Å². The van der Waals surface area contributed by atoms with Gasteiger partial charge in [0.15, 0.2) is 0 Å². The summed E-state index contributed by atoms with van der Waals surface area (Å²) >= 11 is 3.44. The number of alkyl halides is 1. The molecule has 0 unspecified atom stereocenters. The van der Waals surface area contributed by atoms with Crippen LogP contribution in [0.1, 0.15) is 34.1 Å². The molecule has 1 saturated heterocycles. The first kappa shape index (κ1) is 12.8. The van der Waals surface area contributed by atoms with Crippen molar-refractivity contribution in [2.45, 2.75) is 45.8 Å². The van der Waals surface area contributed by atoms with Crippen molar-refractivity contribution in [2.24, 2.45) is 5.92 Å². The molecule has 0 radical (unpaired) electrons. The number of ether oxygens (including phenoxy) is 1. The molecule has 0 aromatic rings. The second-order valence-electron chi connectivity index (χ2n) is 5.28. The van der Waals surface area contributed by atoms with E-state index in [-0.39, 0.29) is 12.1 Å². The lowest BCUT2D eigenvalue weighted by molar-refractivity contribution is 0.0238. The van der Waals surface area contributed by atoms with Gasteiger partial charge in [-0.15, -0.1) is 0 Å². The molecule has 0 saturated carbocycles. The minimum Gasteiger partial charge on any atom is -0.444 e. The molecule has 1 amide bonds. The quantitative estimate of drug-likeness (QED) is 0.690. The average molecular weight is 278 g/mol. The number of halogens is 1. The van der Waals surface area contributed by atoms with Gasteiger partial charge >= 0.3 is 6.09 Å². The Bertz CT molecular complexity index is 237. The Morgan fingerprint density at radius 3 is 2.60 bits per heavy atom. The predicted molar refractivity (Wildman–Crippen MR) is 64.3 cm³/mol. The molecule has 1 fully saturated rings. The van der Waals surface area contributed by atoms with E-state index in [4.69, 9.17) is 4.74 Å². The van der Waals surface area contributed by atoms with Crippen molar-refractivity contribution in [3.8, 4) is 0 Å². The monoisotopic (exact) mass is 277 g/mol. The molecule has 4 heteroatoms. The third kappa shape index (κ3) is 3.67. The molecule has 15 heavy (non-hydrogen) atoms. The highest BCUT2D eigenvalue weighted by molar-refractivity contribution is 9.09. The summed E-state index contributed by atoms with van der Waals surface area (Å²) in [5.74, 6) is 0.570. The van der Waals surface area contributed by atoms with Crippen molar-refractivity contribution < 1.29 is 9.53 Å². The van der Waals surface area contributed by atoms with Crippen LogP contribution in [0.15, 0.2) is 0 Å². The average Bonchev–Trinajstić information content (AvgIpc) is 2.43. The standard InChI is InChI=1S/C11H20BrNO2/c1-8-5-9(6-12)13(7-8)10(14)15-11(2,3)4/h8-9H,5-7H2,1-4H3/t8-,9+/m1/s1. The summed E-state index contributed by atoms with van der Waals surface area (Å²) in [4.78, 5) is 13.7. The van der Waals surface area contributed by atoms with Gasteiger partial charge in [-0.3, -0.25) is 0 Å². The molecule has 0 aromatic carbocycles. The van der Waals surface area contributed by atoms with E-state index in [0.717, 1.165) is 18.3 Å². The molecular weight excluding hydrogens is 258 g/mol. The van der Waals surface area contributed by atoms with Crippen LogP contribution < -0.4 is 0 Å². The van der Waals surface area contributed by atoms with E-state index < -0.39 is 5.60 Å². The fraction of sp³-hybridized carbons (Fsp3) is 0.909. The number of rotatable bonds is 1. The predicted octanol–water partition coefficient (Wildman–Crippen LogP) is 3.03. The number of carbonyl (C=O) groups is 1. The number of hydrogen-bond acceptors (Lipinski definition) is 2. The molecule has 0 N–H and O–H groups in total. The maximum absolute atomic E-state index is 11.9. The first-order valence-electron chi connectivity index (χ1n) is 5.39. The second kappa shape index (κ2) is 4.73. The van der Waals surface area contributed by atoms with E-state index in [1.54, 1.807) is 0 Å². The minimum atomic E-state index is -0.403. The van der Waals surface area contributed by atoms with Crippen LogP contribution in [0.25, 0.3) is 0 Å². The highest BCUT2D eigenvalue weighted by Crippen LogP contribution is 2.25. The van der Waals surface area contributed by atoms with Gasteiger partial charge in [-0.2, -0.15) is 0 Å². The van der Waals surface area contributed by atoms with Gasteiger partial charge in [0.2, 0.25) is 0 Å². The van der Waals surface area contributed by atoms with Gasteiger partial charge in [-0.25, -0.2) is 4.79 Å². The van der Waals surface area contributed by atoms with Crippen LogP contribution in [0.5, 0.6) is 0 Å². The highest BCUT2D eigenvalue weighted by Gasteiger charge is 2.34. The summed E-state index contributed by atoms with van der Waals surface area (Å²) in [5.41, 5.74) is -0.403. The van der Waals surface area contributed by atoms with Crippen LogP contribution in [0, 0.1) is 5.92 Å². The SMILES string of the molecule is C[C@@H]1C[C@@H](CBr)N(C(=O)OC(C)(C)C)C1. The minimum absolute atomic E-state index is 0.184. The largest absolute Gasteiger partial charge is 0.444 e. The van der Waals surface area contributed by atoms with E-state index in [9.17, 15) is 4.79 Å². The first-order chi connectivity index (χ1) is 6.83. The Balaban J connectivity index is 2.59. The molecule has 88 valence electrons. The summed E-state index contributed by atoms with van der Waals surface area (Å²) in [6.45, 7) is 8.67. The fourth-order valence-corrected chi connectivity index (χ4v) is 2.46. The van der Waals surface area contributed by atoms with Crippen LogP contribution in [-0.2, 0) is 4.74 Å². The summed E-state index contributed by atoms with van der Waals surface area (Å²) < 4.78 is 5.37. The van der Waals surface area contributed by atoms with Crippen molar-refractivity contribution in [2.75, 3.05) is 11.9 Å². The van der Waals surface area contributed by atoms with Crippen LogP contribution in [0.4, 0.5) is 4.79 Å². The maximum Gasteiger partial charge on any atom is 0.410 e. The lowest BCUT2D eigenvalue weighted by atomic mass is 10.1. The van der Waals surface area contributed by atoms with Gasteiger partial charge in [-0.05, 0) is 33.1 Å². The van der Waals surface area contributed by atoms with Crippen LogP contribution in [0.2, 0.25) is 0 Å². The smallest absolute Gasteiger partial charge is 0.410 e. The molecule has 3 nitrogen and oxygen atoms in total. The van der Waals surface area contributed by atoms with Crippen molar-refractivity contribution in [3.05, 3.63) is 0 Å². The van der Waals surface area contributed by atoms with Crippen molar-refractivity contribution in [3.63, 3.8) is 0 Å². The van der Waals surface area contributed by atoms with Crippen LogP contribution >= 0.6 is 15.9 Å². The van der Waals surface area contributed by atoms with Crippen molar-refractivity contribution >= 4 is 22.0 Å². The Morgan fingerprint density at radius 2 is 2.13 bits per heavy atom. The normalized spacial score (nSPS) is 26.9. The van der Waals surface area contributed by atoms with E-state index in [1.807, 2.05) is 25.7 Å². The third-order valence-electron chi connectivity index (χ3n) is 2.43. The molecule has 0 bridgehead atoms. The molecule has 1 aliphatic rings. The number of hydrogen-bond donors (Lipinski definition) is 0. The molecule has 0 aliphatic carbocycles. The van der Waals surface area contributed by atoms with Crippen LogP contribution in [0.3, 0.4) is 0 Å². The number of carbonyl (C=O) groups excluding carboxylic acids is 1. The summed E-state index contributed by atoms with van der Waals surface area (Å²) in [6.07, 6.45) is 0.876. The zero-order chi connectivity index (χ0) is 11.6. The molecular formula is C11H20BrNO2. The first-order valence-corrected chi connectivity index (χ1v) is 6.51. The van der Waals surface area contributed by atoms with Gasteiger partial charge in [0.25, 0.3) is 0 Å². The summed E-state index contributed by atoms with van der Waals surface area (Å²) in [7, 11) is 0. The summed E-state index contributed by atoms with van der Waals surface area (Å²) in [6, 6.07) is 0.287. The second-order valence-corrected chi connectivity index (χ2v) is 5.93. The van der Waals surface area contributed by atoms with Gasteiger partial charge in [-0.1, -0.05) is 22.9 Å². The number of likely N-dealkylation sites (tertiary alicyclic amines) is 1. The molecule has 2 atom stereocenters. The maximum atomic E-state index is 11.9. The molecule has 1 rings (SSSR count). The molecule has 0 aromatic heterocycles. The van der Waals surface area contributed by atoms with Crippen molar-refractivity contribution in [1.82, 2.24) is 4.90 Å². The van der Waals surface area contributed by atoms with Gasteiger partial charge in [0, 0.05) is 17.9 Å². The van der Waals surface area contributed by atoms with Crippen LogP contribution in [-0.4, -0.2) is 34.5 Å². The zero-order valence-corrected chi connectivity index (χ0v) is 11.5. The van der Waals surface area contributed by atoms with E-state index in [0.29, 0.717) is 5.92 Å². The number of nitrogens with zero attached hydrogens (tertiary/aromatic N) is 1. The Morgan fingerprint density at radius 1 is 1.53 bits per heavy atom. The number of amides is 1. The van der Waals surface area contributed by atoms with Gasteiger partial charge < -0.3 is 9.64 Å². The van der Waals surface area contributed by atoms with Gasteiger partial charge in [0.1, 0.15) is 5.60 Å². The fourth-order valence-electron chi connectivity index (χ4n) is 1.84. The van der Waals surface area contributed by atoms with E-state index >= 15 is 0 Å². The van der Waals surface area contributed by atoms with Crippen molar-refractivity contribution in [1.29, 1.82) is 0 Å². The zero-order valence-electron chi connectivity index (χ0n) is 9.92. The molecule has 0 spiro atoms. The lowest BCUT2D eigenvalue weighted by Gasteiger charge is -2.27. The lowest BCUT2D eigenvalue weighted by Crippen LogP contribution is -2.40. The van der Waals surface area contributed by atoms with E-state index in [1.165, 1.54) is 0 Å². The molecule has 1 heterocycles. The molecule has 1 aliphatic heterocycles. The third-order valence-corrected chi connectivity index (χ3v) is 3.18. The van der Waals surface area contributed by atoms with Gasteiger partial charge in [0.05, 0.1) is 0 Å². The Labute approximate surface area is 100 Å². The summed E-state index contributed by atoms with van der Waals surface area (Å²) in [5, 5.41) is 0.830. The Kier molecular flexibility index (Phi) is 4.04.